The Kier molecular flexibility index (Phi) is 7.73. The van der Waals surface area contributed by atoms with E-state index in [9.17, 15) is 22.4 Å². The van der Waals surface area contributed by atoms with Crippen LogP contribution in [-0.4, -0.2) is 61.1 Å². The molecule has 0 aliphatic heterocycles. The first kappa shape index (κ1) is 26.5. The molecule has 35 heavy (non-hydrogen) atoms. The Morgan fingerprint density at radius 2 is 1.97 bits per heavy atom. The number of carbonyl (C=O) groups is 1. The summed E-state index contributed by atoms with van der Waals surface area (Å²) in [5.74, 6) is -1.05. The van der Waals surface area contributed by atoms with Crippen molar-refractivity contribution >= 4 is 26.6 Å². The summed E-state index contributed by atoms with van der Waals surface area (Å²) in [6.45, 7) is 1.73. The highest BCUT2D eigenvalue weighted by molar-refractivity contribution is 7.92. The van der Waals surface area contributed by atoms with Gasteiger partial charge in [0.1, 0.15) is 10.6 Å². The third kappa shape index (κ3) is 5.42. The van der Waals surface area contributed by atoms with E-state index in [1.165, 1.54) is 38.0 Å². The highest BCUT2D eigenvalue weighted by atomic mass is 32.2. The van der Waals surface area contributed by atoms with Crippen molar-refractivity contribution in [2.45, 2.75) is 31.2 Å². The number of carbonyl (C=O) groups excluding carboxylic acids is 1. The van der Waals surface area contributed by atoms with Gasteiger partial charge in [-0.2, -0.15) is 5.06 Å². The molecule has 1 amide bonds. The number of nitrogens with one attached hydrogen (secondary N) is 1. The van der Waals surface area contributed by atoms with E-state index in [1.807, 2.05) is 0 Å². The Bertz CT molecular complexity index is 1420. The van der Waals surface area contributed by atoms with Gasteiger partial charge in [-0.3, -0.25) is 14.2 Å². The zero-order valence-electron chi connectivity index (χ0n) is 20.3. The van der Waals surface area contributed by atoms with Gasteiger partial charge in [0.15, 0.2) is 9.84 Å². The van der Waals surface area contributed by atoms with E-state index >= 15 is 0 Å². The van der Waals surface area contributed by atoms with Crippen LogP contribution in [0.2, 0.25) is 0 Å². The highest BCUT2D eigenvalue weighted by Crippen LogP contribution is 2.26. The zero-order valence-corrected chi connectivity index (χ0v) is 21.1. The quantitative estimate of drug-likeness (QED) is 0.445. The van der Waals surface area contributed by atoms with Crippen molar-refractivity contribution in [2.75, 3.05) is 27.5 Å². The standard InChI is InChI=1S/C24H29FN4O5S/c1-24(23(31)26-2,35(5,32)33)10-11-29-15-27-21-13-17(7-9-19(21)22(29)30)18-8-6-16(12-20(18)25)14-28(3)34-4/h6-9,12-13,15H,10-11,14H2,1-5H3,(H,26,31)/t24-/m1/s1. The van der Waals surface area contributed by atoms with Crippen molar-refractivity contribution in [3.8, 4) is 11.1 Å². The number of aryl methyl sites for hydroxylation is 1. The summed E-state index contributed by atoms with van der Waals surface area (Å²) in [7, 11) is 0.895. The lowest BCUT2D eigenvalue weighted by Gasteiger charge is -2.25. The maximum absolute atomic E-state index is 14.8. The summed E-state index contributed by atoms with van der Waals surface area (Å²) in [5, 5.41) is 4.25. The Morgan fingerprint density at radius 3 is 2.57 bits per heavy atom. The fraction of sp³-hybridized carbons (Fsp3) is 0.375. The van der Waals surface area contributed by atoms with Crippen LogP contribution in [0.25, 0.3) is 22.0 Å². The maximum Gasteiger partial charge on any atom is 0.261 e. The van der Waals surface area contributed by atoms with Gasteiger partial charge in [0.05, 0.1) is 24.3 Å². The molecule has 11 heteroatoms. The molecular formula is C24H29FN4O5S. The molecule has 1 heterocycles. The molecule has 0 spiro atoms. The van der Waals surface area contributed by atoms with E-state index in [0.29, 0.717) is 28.6 Å². The molecule has 0 saturated heterocycles. The van der Waals surface area contributed by atoms with Gasteiger partial charge in [-0.1, -0.05) is 18.2 Å². The molecule has 0 unspecified atom stereocenters. The molecule has 3 aromatic rings. The molecule has 0 fully saturated rings. The maximum atomic E-state index is 14.8. The van der Waals surface area contributed by atoms with E-state index in [1.54, 1.807) is 42.4 Å². The second-order valence-corrected chi connectivity index (χ2v) is 11.0. The average Bonchev–Trinajstić information content (AvgIpc) is 2.82. The number of fused-ring (bicyclic) bond motifs is 1. The predicted octanol–water partition coefficient (Wildman–Crippen LogP) is 2.14. The lowest BCUT2D eigenvalue weighted by atomic mass is 10.0. The van der Waals surface area contributed by atoms with Gasteiger partial charge < -0.3 is 10.2 Å². The summed E-state index contributed by atoms with van der Waals surface area (Å²) in [6.07, 6.45) is 2.19. The number of sulfone groups is 1. The molecule has 1 N–H and O–H groups in total. The number of aromatic nitrogens is 2. The van der Waals surface area contributed by atoms with E-state index in [2.05, 4.69) is 10.3 Å². The Hall–Kier alpha value is -3.15. The fourth-order valence-corrected chi connectivity index (χ4v) is 4.66. The van der Waals surface area contributed by atoms with Gasteiger partial charge >= 0.3 is 0 Å². The molecule has 1 aromatic heterocycles. The van der Waals surface area contributed by atoms with Crippen molar-refractivity contribution in [2.24, 2.45) is 0 Å². The molecule has 0 saturated carbocycles. The molecule has 0 radical (unpaired) electrons. The topological polar surface area (TPSA) is 111 Å². The lowest BCUT2D eigenvalue weighted by molar-refractivity contribution is -0.123. The van der Waals surface area contributed by atoms with Crippen LogP contribution >= 0.6 is 0 Å². The van der Waals surface area contributed by atoms with Crippen molar-refractivity contribution in [3.05, 3.63) is 64.5 Å². The smallest absolute Gasteiger partial charge is 0.261 e. The number of amides is 1. The molecule has 0 aliphatic rings. The number of rotatable bonds is 9. The molecule has 3 rings (SSSR count). The summed E-state index contributed by atoms with van der Waals surface area (Å²) >= 11 is 0. The third-order valence-electron chi connectivity index (χ3n) is 6.24. The second kappa shape index (κ2) is 10.2. The largest absolute Gasteiger partial charge is 0.358 e. The second-order valence-electron chi connectivity index (χ2n) is 8.59. The van der Waals surface area contributed by atoms with Crippen LogP contribution in [-0.2, 0) is 32.6 Å². The minimum atomic E-state index is -3.75. The normalized spacial score (nSPS) is 13.7. The summed E-state index contributed by atoms with van der Waals surface area (Å²) in [5.41, 5.74) is 1.68. The van der Waals surface area contributed by atoms with Crippen LogP contribution in [0.3, 0.4) is 0 Å². The number of hydrogen-bond acceptors (Lipinski definition) is 7. The minimum Gasteiger partial charge on any atom is -0.358 e. The van der Waals surface area contributed by atoms with Gasteiger partial charge in [0.2, 0.25) is 5.91 Å². The molecular weight excluding hydrogens is 475 g/mol. The van der Waals surface area contributed by atoms with Gasteiger partial charge in [0.25, 0.3) is 5.56 Å². The van der Waals surface area contributed by atoms with Gasteiger partial charge in [-0.15, -0.1) is 0 Å². The SMILES string of the molecule is CNC(=O)[C@@](C)(CCn1cnc2cc(-c3ccc(CN(C)OC)cc3F)ccc2c1=O)S(C)(=O)=O. The van der Waals surface area contributed by atoms with Crippen LogP contribution in [0.5, 0.6) is 0 Å². The van der Waals surface area contributed by atoms with Crippen LogP contribution in [0.4, 0.5) is 4.39 Å². The first-order valence-electron chi connectivity index (χ1n) is 10.9. The molecule has 9 nitrogen and oxygen atoms in total. The van der Waals surface area contributed by atoms with Crippen LogP contribution < -0.4 is 10.9 Å². The first-order chi connectivity index (χ1) is 16.4. The van der Waals surface area contributed by atoms with Crippen molar-refractivity contribution in [1.82, 2.24) is 19.9 Å². The summed E-state index contributed by atoms with van der Waals surface area (Å²) in [6, 6.07) is 9.74. The predicted molar refractivity (Wildman–Crippen MR) is 132 cm³/mol. The Morgan fingerprint density at radius 1 is 1.26 bits per heavy atom. The molecule has 0 bridgehead atoms. The Balaban J connectivity index is 1.91. The van der Waals surface area contributed by atoms with Gasteiger partial charge in [0, 0.05) is 39.0 Å². The Labute approximate surface area is 203 Å². The van der Waals surface area contributed by atoms with E-state index in [4.69, 9.17) is 4.84 Å². The van der Waals surface area contributed by atoms with Crippen molar-refractivity contribution in [3.63, 3.8) is 0 Å². The fourth-order valence-electron chi connectivity index (χ4n) is 3.76. The lowest BCUT2D eigenvalue weighted by Crippen LogP contribution is -2.49. The number of nitrogens with zero attached hydrogens (tertiary/aromatic N) is 3. The van der Waals surface area contributed by atoms with Crippen molar-refractivity contribution < 1.29 is 22.4 Å². The third-order valence-corrected chi connectivity index (χ3v) is 8.27. The minimum absolute atomic E-state index is 0.0213. The monoisotopic (exact) mass is 504 g/mol. The van der Waals surface area contributed by atoms with Crippen LogP contribution in [0.15, 0.2) is 47.5 Å². The number of hydrogen-bond donors (Lipinski definition) is 1. The number of benzene rings is 2. The van der Waals surface area contributed by atoms with Gasteiger partial charge in [-0.05, 0) is 42.7 Å². The van der Waals surface area contributed by atoms with E-state index < -0.39 is 26.3 Å². The van der Waals surface area contributed by atoms with Crippen molar-refractivity contribution in [1.29, 1.82) is 0 Å². The van der Waals surface area contributed by atoms with Crippen LogP contribution in [0, 0.1) is 5.82 Å². The van der Waals surface area contributed by atoms with E-state index in [-0.39, 0.29) is 18.5 Å². The van der Waals surface area contributed by atoms with Gasteiger partial charge in [-0.25, -0.2) is 17.8 Å². The van der Waals surface area contributed by atoms with E-state index in [0.717, 1.165) is 11.8 Å². The summed E-state index contributed by atoms with van der Waals surface area (Å²) in [4.78, 5) is 34.7. The molecule has 1 atom stereocenters. The van der Waals surface area contributed by atoms with Crippen LogP contribution in [0.1, 0.15) is 18.9 Å². The zero-order chi connectivity index (χ0) is 26.0. The number of halogens is 1. The molecule has 2 aromatic carbocycles. The first-order valence-corrected chi connectivity index (χ1v) is 12.8. The highest BCUT2D eigenvalue weighted by Gasteiger charge is 2.42. The number of hydroxylamine groups is 2. The molecule has 0 aliphatic carbocycles. The molecule has 188 valence electrons. The average molecular weight is 505 g/mol. The summed E-state index contributed by atoms with van der Waals surface area (Å²) < 4.78 is 38.9.